The van der Waals surface area contributed by atoms with E-state index in [1.165, 1.54) is 6.07 Å². The number of esters is 1. The Kier molecular flexibility index (Phi) is 6.41. The summed E-state index contributed by atoms with van der Waals surface area (Å²) < 4.78 is 12.1. The predicted octanol–water partition coefficient (Wildman–Crippen LogP) is 1.43. The van der Waals surface area contributed by atoms with Gasteiger partial charge < -0.3 is 14.8 Å². The lowest BCUT2D eigenvalue weighted by Gasteiger charge is -2.09. The van der Waals surface area contributed by atoms with Crippen molar-refractivity contribution >= 4 is 22.8 Å². The van der Waals surface area contributed by atoms with Crippen LogP contribution < -0.4 is 10.9 Å². The molecule has 0 saturated carbocycles. The van der Waals surface area contributed by atoms with E-state index in [-0.39, 0.29) is 29.7 Å². The molecule has 0 spiro atoms. The molecule has 0 radical (unpaired) electrons. The van der Waals surface area contributed by atoms with Gasteiger partial charge in [0.05, 0.1) is 22.6 Å². The zero-order chi connectivity index (χ0) is 20.1. The molecule has 0 bridgehead atoms. The maximum Gasteiger partial charge on any atom is 0.338 e. The average molecular weight is 387 g/mol. The highest BCUT2D eigenvalue weighted by Gasteiger charge is 2.17. The minimum Gasteiger partial charge on any atom is -0.452 e. The molecule has 2 aromatic rings. The van der Waals surface area contributed by atoms with Crippen LogP contribution in [0.15, 0.2) is 23.0 Å². The van der Waals surface area contributed by atoms with E-state index < -0.39 is 5.97 Å². The van der Waals surface area contributed by atoms with Gasteiger partial charge >= 0.3 is 5.97 Å². The third-order valence-corrected chi connectivity index (χ3v) is 4.48. The number of amides is 1. The molecule has 0 aliphatic carbocycles. The van der Waals surface area contributed by atoms with E-state index in [1.54, 1.807) is 16.7 Å². The number of carbonyl (C=O) groups is 2. The number of rotatable bonds is 8. The van der Waals surface area contributed by atoms with Crippen LogP contribution >= 0.6 is 0 Å². The van der Waals surface area contributed by atoms with E-state index in [1.807, 2.05) is 13.8 Å². The van der Waals surface area contributed by atoms with E-state index in [9.17, 15) is 14.4 Å². The van der Waals surface area contributed by atoms with Crippen LogP contribution in [0.5, 0.6) is 0 Å². The number of benzene rings is 1. The summed E-state index contributed by atoms with van der Waals surface area (Å²) in [5, 5.41) is 3.15. The lowest BCUT2D eigenvalue weighted by Crippen LogP contribution is -2.30. The van der Waals surface area contributed by atoms with Crippen LogP contribution in [0.3, 0.4) is 0 Å². The molecule has 1 N–H and O–H groups in total. The fourth-order valence-corrected chi connectivity index (χ4v) is 3.10. The van der Waals surface area contributed by atoms with Crippen molar-refractivity contribution in [2.24, 2.45) is 0 Å². The lowest BCUT2D eigenvalue weighted by molar-refractivity contribution is -0.124. The first-order valence-corrected chi connectivity index (χ1v) is 9.54. The molecule has 1 amide bonds. The van der Waals surface area contributed by atoms with Crippen LogP contribution in [0.1, 0.15) is 42.9 Å². The molecule has 8 heteroatoms. The zero-order valence-corrected chi connectivity index (χ0v) is 16.2. The first kappa shape index (κ1) is 20.0. The van der Waals surface area contributed by atoms with Crippen molar-refractivity contribution in [2.45, 2.75) is 45.8 Å². The third kappa shape index (κ3) is 4.75. The molecule has 28 heavy (non-hydrogen) atoms. The minimum absolute atomic E-state index is 0.0850. The van der Waals surface area contributed by atoms with Crippen LogP contribution in [0.2, 0.25) is 0 Å². The fraction of sp³-hybridized carbons (Fsp3) is 0.500. The second-order valence-corrected chi connectivity index (χ2v) is 7.02. The summed E-state index contributed by atoms with van der Waals surface area (Å²) in [7, 11) is 0. The number of nitrogens with one attached hydrogen (secondary N) is 1. The van der Waals surface area contributed by atoms with E-state index in [4.69, 9.17) is 9.47 Å². The quantitative estimate of drug-likeness (QED) is 0.543. The summed E-state index contributed by atoms with van der Waals surface area (Å²) in [6.07, 6.45) is 2.49. The zero-order valence-electron chi connectivity index (χ0n) is 16.2. The Balaban J connectivity index is 1.54. The van der Waals surface area contributed by atoms with Crippen LogP contribution in [0.25, 0.3) is 10.9 Å². The second kappa shape index (κ2) is 8.97. The van der Waals surface area contributed by atoms with Crippen molar-refractivity contribution in [2.75, 3.05) is 19.8 Å². The monoisotopic (exact) mass is 387 g/mol. The predicted molar refractivity (Wildman–Crippen MR) is 103 cm³/mol. The largest absolute Gasteiger partial charge is 0.452 e. The molecule has 0 fully saturated rings. The summed E-state index contributed by atoms with van der Waals surface area (Å²) in [4.78, 5) is 40.9. The van der Waals surface area contributed by atoms with Crippen LogP contribution in [0, 0.1) is 0 Å². The summed E-state index contributed by atoms with van der Waals surface area (Å²) in [6, 6.07) is 4.65. The first-order valence-electron chi connectivity index (χ1n) is 9.54. The highest BCUT2D eigenvalue weighted by atomic mass is 16.5. The second-order valence-electron chi connectivity index (χ2n) is 7.02. The highest BCUT2D eigenvalue weighted by molar-refractivity contribution is 5.95. The van der Waals surface area contributed by atoms with E-state index in [0.29, 0.717) is 37.0 Å². The van der Waals surface area contributed by atoms with Crippen molar-refractivity contribution in [3.05, 3.63) is 39.9 Å². The molecular weight excluding hydrogens is 362 g/mol. The number of aromatic nitrogens is 2. The number of ether oxygens (including phenoxy) is 2. The number of nitrogens with zero attached hydrogens (tertiary/aromatic N) is 2. The van der Waals surface area contributed by atoms with E-state index >= 15 is 0 Å². The number of aryl methyl sites for hydroxylation is 1. The van der Waals surface area contributed by atoms with Crippen molar-refractivity contribution in [1.29, 1.82) is 0 Å². The SMILES string of the molecule is CC(C)OCCCNC(=O)COC(=O)c1ccc2c(=O)n3c(nc2c1)CCC3. The smallest absolute Gasteiger partial charge is 0.338 e. The Labute approximate surface area is 162 Å². The molecule has 1 aromatic carbocycles. The number of carbonyl (C=O) groups excluding carboxylic acids is 2. The molecule has 3 rings (SSSR count). The number of fused-ring (bicyclic) bond motifs is 2. The van der Waals surface area contributed by atoms with Gasteiger partial charge in [0.15, 0.2) is 6.61 Å². The van der Waals surface area contributed by atoms with Gasteiger partial charge in [-0.15, -0.1) is 0 Å². The van der Waals surface area contributed by atoms with Gasteiger partial charge in [0.1, 0.15) is 5.82 Å². The van der Waals surface area contributed by atoms with Crippen LogP contribution in [-0.2, 0) is 27.2 Å². The minimum atomic E-state index is -0.623. The van der Waals surface area contributed by atoms with Gasteiger partial charge in [-0.05, 0) is 44.9 Å². The molecular formula is C20H25N3O5. The van der Waals surface area contributed by atoms with Crippen molar-refractivity contribution < 1.29 is 19.1 Å². The Bertz CT molecular complexity index is 935. The van der Waals surface area contributed by atoms with Crippen LogP contribution in [-0.4, -0.2) is 47.3 Å². The molecule has 8 nitrogen and oxygen atoms in total. The van der Waals surface area contributed by atoms with Crippen molar-refractivity contribution in [3.63, 3.8) is 0 Å². The molecule has 0 atom stereocenters. The topological polar surface area (TPSA) is 99.5 Å². The maximum atomic E-state index is 12.4. The van der Waals surface area contributed by atoms with Gasteiger partial charge in [-0.25, -0.2) is 9.78 Å². The van der Waals surface area contributed by atoms with Gasteiger partial charge in [-0.1, -0.05) is 0 Å². The normalized spacial score (nSPS) is 13.0. The Morgan fingerprint density at radius 2 is 2.14 bits per heavy atom. The standard InChI is InChI=1S/C20H25N3O5/c1-13(2)27-10-4-8-21-18(24)12-28-20(26)14-6-7-15-16(11-14)22-17-5-3-9-23(17)19(15)25/h6-7,11,13H,3-5,8-10,12H2,1-2H3,(H,21,24). The van der Waals surface area contributed by atoms with Gasteiger partial charge in [0.2, 0.25) is 0 Å². The molecule has 0 unspecified atom stereocenters. The molecule has 150 valence electrons. The fourth-order valence-electron chi connectivity index (χ4n) is 3.10. The van der Waals surface area contributed by atoms with E-state index in [0.717, 1.165) is 18.7 Å². The van der Waals surface area contributed by atoms with Gasteiger partial charge in [0.25, 0.3) is 11.5 Å². The van der Waals surface area contributed by atoms with Gasteiger partial charge in [-0.2, -0.15) is 0 Å². The number of hydrogen-bond donors (Lipinski definition) is 1. The summed E-state index contributed by atoms with van der Waals surface area (Å²) in [5.74, 6) is -0.251. The lowest BCUT2D eigenvalue weighted by atomic mass is 10.1. The highest BCUT2D eigenvalue weighted by Crippen LogP contribution is 2.16. The van der Waals surface area contributed by atoms with Gasteiger partial charge in [-0.3, -0.25) is 14.2 Å². The summed E-state index contributed by atoms with van der Waals surface area (Å²) in [5.41, 5.74) is 0.654. The summed E-state index contributed by atoms with van der Waals surface area (Å²) >= 11 is 0. The third-order valence-electron chi connectivity index (χ3n) is 4.48. The molecule has 1 aromatic heterocycles. The molecule has 1 aliphatic rings. The van der Waals surface area contributed by atoms with Crippen molar-refractivity contribution in [1.82, 2.24) is 14.9 Å². The van der Waals surface area contributed by atoms with E-state index in [2.05, 4.69) is 10.3 Å². The first-order chi connectivity index (χ1) is 13.5. The molecule has 0 saturated heterocycles. The summed E-state index contributed by atoms with van der Waals surface area (Å²) in [6.45, 7) is 5.24. The van der Waals surface area contributed by atoms with Crippen molar-refractivity contribution in [3.8, 4) is 0 Å². The average Bonchev–Trinajstić information content (AvgIpc) is 3.14. The Morgan fingerprint density at radius 3 is 2.93 bits per heavy atom. The Hall–Kier alpha value is -2.74. The van der Waals surface area contributed by atoms with Gasteiger partial charge in [0, 0.05) is 26.1 Å². The Morgan fingerprint density at radius 1 is 1.32 bits per heavy atom. The number of hydrogen-bond acceptors (Lipinski definition) is 6. The van der Waals surface area contributed by atoms with Crippen LogP contribution in [0.4, 0.5) is 0 Å². The maximum absolute atomic E-state index is 12.4. The molecule has 1 aliphatic heterocycles. The molecule has 2 heterocycles.